The molecule has 0 atom stereocenters. The van der Waals surface area contributed by atoms with E-state index < -0.39 is 0 Å². The first-order valence-corrected chi connectivity index (χ1v) is 7.19. The average molecular weight is 298 g/mol. The number of carbonyl (C=O) groups is 1. The van der Waals surface area contributed by atoms with Gasteiger partial charge in [0.1, 0.15) is 5.58 Å². The fourth-order valence-corrected chi connectivity index (χ4v) is 2.67. The van der Waals surface area contributed by atoms with E-state index in [0.29, 0.717) is 12.3 Å². The van der Waals surface area contributed by atoms with Crippen LogP contribution < -0.4 is 5.32 Å². The van der Waals surface area contributed by atoms with Crippen LogP contribution in [0.4, 0.5) is 0 Å². The van der Waals surface area contributed by atoms with Gasteiger partial charge in [-0.15, -0.1) is 0 Å². The second-order valence-electron chi connectivity index (χ2n) is 5.53. The van der Waals surface area contributed by atoms with Gasteiger partial charge < -0.3 is 14.3 Å². The maximum absolute atomic E-state index is 12.1. The monoisotopic (exact) mass is 298 g/mol. The van der Waals surface area contributed by atoms with E-state index in [1.165, 1.54) is 5.56 Å². The van der Waals surface area contributed by atoms with Gasteiger partial charge in [-0.2, -0.15) is 0 Å². The summed E-state index contributed by atoms with van der Waals surface area (Å²) in [4.78, 5) is 12.1. The Morgan fingerprint density at radius 1 is 1.27 bits per heavy atom. The number of amides is 1. The van der Waals surface area contributed by atoms with Crippen molar-refractivity contribution in [2.45, 2.75) is 33.7 Å². The van der Waals surface area contributed by atoms with E-state index in [1.54, 1.807) is 18.5 Å². The smallest absolute Gasteiger partial charge is 0.224 e. The van der Waals surface area contributed by atoms with Crippen LogP contribution in [0.25, 0.3) is 11.0 Å². The number of hydrogen-bond donors (Lipinski definition) is 1. The summed E-state index contributed by atoms with van der Waals surface area (Å²) in [5, 5.41) is 7.46. The number of fused-ring (bicyclic) bond motifs is 1. The molecule has 22 heavy (non-hydrogen) atoms. The van der Waals surface area contributed by atoms with Crippen molar-refractivity contribution in [3.63, 3.8) is 0 Å². The van der Waals surface area contributed by atoms with Crippen molar-refractivity contribution >= 4 is 16.9 Å². The number of aryl methyl sites for hydroxylation is 3. The molecule has 0 aliphatic rings. The lowest BCUT2D eigenvalue weighted by Gasteiger charge is -2.06. The summed E-state index contributed by atoms with van der Waals surface area (Å²) in [7, 11) is 0. The first kappa shape index (κ1) is 14.4. The second kappa shape index (κ2) is 5.67. The first-order valence-electron chi connectivity index (χ1n) is 7.19. The van der Waals surface area contributed by atoms with Gasteiger partial charge in [0.15, 0.2) is 5.76 Å². The van der Waals surface area contributed by atoms with Crippen LogP contribution >= 0.6 is 0 Å². The van der Waals surface area contributed by atoms with Crippen LogP contribution in [-0.2, 0) is 17.8 Å². The zero-order valence-corrected chi connectivity index (χ0v) is 12.9. The molecule has 2 aromatic heterocycles. The summed E-state index contributed by atoms with van der Waals surface area (Å²) in [6, 6.07) is 3.85. The highest BCUT2D eigenvalue weighted by atomic mass is 16.5. The van der Waals surface area contributed by atoms with Gasteiger partial charge in [-0.3, -0.25) is 4.79 Å². The van der Waals surface area contributed by atoms with Gasteiger partial charge in [0, 0.05) is 17.0 Å². The number of nitrogens with zero attached hydrogens (tertiary/aromatic N) is 1. The van der Waals surface area contributed by atoms with Gasteiger partial charge in [-0.05, 0) is 37.5 Å². The van der Waals surface area contributed by atoms with Crippen LogP contribution in [0.3, 0.4) is 0 Å². The maximum Gasteiger partial charge on any atom is 0.224 e. The van der Waals surface area contributed by atoms with Gasteiger partial charge in [0.05, 0.1) is 25.4 Å². The summed E-state index contributed by atoms with van der Waals surface area (Å²) >= 11 is 0. The fraction of sp³-hybridized carbons (Fsp3) is 0.294. The molecule has 2 heterocycles. The Bertz CT molecular complexity index is 816. The standard InChI is InChI=1S/C17H18N2O3/c1-10-6-11(2)16-13(9-21-17(16)12(10)3)7-15(20)18-8-14-4-5-19-22-14/h4-6,9H,7-8H2,1-3H3,(H,18,20). The highest BCUT2D eigenvalue weighted by Crippen LogP contribution is 2.30. The molecule has 3 aromatic rings. The van der Waals surface area contributed by atoms with Gasteiger partial charge >= 0.3 is 0 Å². The topological polar surface area (TPSA) is 68.3 Å². The summed E-state index contributed by atoms with van der Waals surface area (Å²) in [5.74, 6) is 0.560. The third-order valence-electron chi connectivity index (χ3n) is 3.93. The minimum atomic E-state index is -0.0725. The molecule has 0 unspecified atom stereocenters. The molecule has 0 aliphatic heterocycles. The predicted molar refractivity (Wildman–Crippen MR) is 82.5 cm³/mol. The lowest BCUT2D eigenvalue weighted by atomic mass is 9.99. The Hall–Kier alpha value is -2.56. The van der Waals surface area contributed by atoms with Gasteiger partial charge in [-0.25, -0.2) is 0 Å². The lowest BCUT2D eigenvalue weighted by molar-refractivity contribution is -0.120. The second-order valence-corrected chi connectivity index (χ2v) is 5.53. The van der Waals surface area contributed by atoms with Crippen LogP contribution in [0.5, 0.6) is 0 Å². The zero-order valence-electron chi connectivity index (χ0n) is 12.9. The molecule has 0 saturated heterocycles. The van der Waals surface area contributed by atoms with Gasteiger partial charge in [-0.1, -0.05) is 11.2 Å². The Labute approximate surface area is 128 Å². The molecule has 114 valence electrons. The zero-order chi connectivity index (χ0) is 15.7. The maximum atomic E-state index is 12.1. The van der Waals surface area contributed by atoms with Crippen LogP contribution in [0, 0.1) is 20.8 Å². The number of hydrogen-bond acceptors (Lipinski definition) is 4. The number of furan rings is 1. The van der Waals surface area contributed by atoms with Crippen molar-refractivity contribution < 1.29 is 13.7 Å². The molecule has 0 spiro atoms. The van der Waals surface area contributed by atoms with Crippen LogP contribution in [0.1, 0.15) is 28.0 Å². The molecule has 1 N–H and O–H groups in total. The van der Waals surface area contributed by atoms with Crippen molar-refractivity contribution in [2.24, 2.45) is 0 Å². The molecule has 1 amide bonds. The SMILES string of the molecule is Cc1cc(C)c2c(CC(=O)NCc3ccno3)coc2c1C. The van der Waals surface area contributed by atoms with E-state index in [9.17, 15) is 4.79 Å². The molecule has 5 heteroatoms. The summed E-state index contributed by atoms with van der Waals surface area (Å²) < 4.78 is 10.6. The van der Waals surface area contributed by atoms with Crippen LogP contribution in [0.2, 0.25) is 0 Å². The van der Waals surface area contributed by atoms with E-state index in [0.717, 1.165) is 27.7 Å². The number of benzene rings is 1. The Morgan fingerprint density at radius 2 is 2.09 bits per heavy atom. The lowest BCUT2D eigenvalue weighted by Crippen LogP contribution is -2.24. The van der Waals surface area contributed by atoms with E-state index in [4.69, 9.17) is 8.94 Å². The molecular weight excluding hydrogens is 280 g/mol. The highest BCUT2D eigenvalue weighted by Gasteiger charge is 2.15. The van der Waals surface area contributed by atoms with Crippen LogP contribution in [0.15, 0.2) is 33.5 Å². The molecule has 0 radical (unpaired) electrons. The minimum absolute atomic E-state index is 0.0725. The third-order valence-corrected chi connectivity index (χ3v) is 3.93. The largest absolute Gasteiger partial charge is 0.464 e. The van der Waals surface area contributed by atoms with E-state index >= 15 is 0 Å². The minimum Gasteiger partial charge on any atom is -0.464 e. The van der Waals surface area contributed by atoms with Crippen molar-refractivity contribution in [1.82, 2.24) is 10.5 Å². The first-order chi connectivity index (χ1) is 10.6. The van der Waals surface area contributed by atoms with Crippen molar-refractivity contribution in [1.29, 1.82) is 0 Å². The molecule has 0 fully saturated rings. The van der Waals surface area contributed by atoms with Gasteiger partial charge in [0.25, 0.3) is 0 Å². The third kappa shape index (κ3) is 2.62. The van der Waals surface area contributed by atoms with Crippen molar-refractivity contribution in [3.05, 3.63) is 52.6 Å². The normalized spacial score (nSPS) is 11.0. The molecule has 0 bridgehead atoms. The van der Waals surface area contributed by atoms with E-state index in [2.05, 4.69) is 23.5 Å². The number of carbonyl (C=O) groups excluding carboxylic acids is 1. The van der Waals surface area contributed by atoms with Gasteiger partial charge in [0.2, 0.25) is 5.91 Å². The average Bonchev–Trinajstić information content (AvgIpc) is 3.12. The summed E-state index contributed by atoms with van der Waals surface area (Å²) in [5.41, 5.74) is 5.22. The molecule has 0 saturated carbocycles. The Morgan fingerprint density at radius 3 is 2.82 bits per heavy atom. The Balaban J connectivity index is 1.79. The summed E-state index contributed by atoms with van der Waals surface area (Å²) in [6.07, 6.45) is 3.52. The highest BCUT2D eigenvalue weighted by molar-refractivity contribution is 5.91. The predicted octanol–water partition coefficient (Wildman–Crippen LogP) is 3.20. The Kier molecular flexibility index (Phi) is 3.71. The summed E-state index contributed by atoms with van der Waals surface area (Å²) in [6.45, 7) is 6.48. The molecular formula is C17H18N2O3. The molecule has 5 nitrogen and oxygen atoms in total. The number of rotatable bonds is 4. The number of aromatic nitrogens is 1. The molecule has 3 rings (SSSR count). The molecule has 0 aliphatic carbocycles. The van der Waals surface area contributed by atoms with Crippen molar-refractivity contribution in [3.8, 4) is 0 Å². The van der Waals surface area contributed by atoms with E-state index in [-0.39, 0.29) is 12.3 Å². The van der Waals surface area contributed by atoms with E-state index in [1.807, 2.05) is 13.8 Å². The van der Waals surface area contributed by atoms with Crippen molar-refractivity contribution in [2.75, 3.05) is 0 Å². The fourth-order valence-electron chi connectivity index (χ4n) is 2.67. The molecule has 1 aromatic carbocycles. The van der Waals surface area contributed by atoms with Crippen LogP contribution in [-0.4, -0.2) is 11.1 Å². The quantitative estimate of drug-likeness (QED) is 0.803. The number of nitrogens with one attached hydrogen (secondary N) is 1.